The molecule has 46 heavy (non-hydrogen) atoms. The molecule has 5 heterocycles. The van der Waals surface area contributed by atoms with Crippen molar-refractivity contribution >= 4 is 35.7 Å². The number of hydrogen-bond acceptors (Lipinski definition) is 8. The number of hydrogen-bond donors (Lipinski definition) is 2. The summed E-state index contributed by atoms with van der Waals surface area (Å²) in [5.74, 6) is 0.0305. The highest BCUT2D eigenvalue weighted by molar-refractivity contribution is 6.23. The molecule has 1 aromatic rings. The maximum Gasteiger partial charge on any atom is 0.262 e. The predicted molar refractivity (Wildman–Crippen MR) is 174 cm³/mol. The zero-order chi connectivity index (χ0) is 32.0. The second kappa shape index (κ2) is 15.1. The van der Waals surface area contributed by atoms with Crippen molar-refractivity contribution < 1.29 is 24.0 Å². The van der Waals surface area contributed by atoms with E-state index < -0.39 is 23.8 Å². The van der Waals surface area contributed by atoms with Gasteiger partial charge in [0.1, 0.15) is 6.04 Å². The molecule has 11 nitrogen and oxygen atoms in total. The first-order chi connectivity index (χ1) is 22.4. The Kier molecular flexibility index (Phi) is 10.7. The second-order valence-corrected chi connectivity index (χ2v) is 14.1. The van der Waals surface area contributed by atoms with Gasteiger partial charge in [-0.05, 0) is 126 Å². The molecule has 4 saturated heterocycles. The number of amides is 5. The number of imide groups is 2. The van der Waals surface area contributed by atoms with Crippen molar-refractivity contribution in [3.8, 4) is 0 Å². The van der Waals surface area contributed by atoms with Gasteiger partial charge in [-0.15, -0.1) is 0 Å². The molecule has 0 radical (unpaired) electrons. The summed E-state index contributed by atoms with van der Waals surface area (Å²) in [5.41, 5.74) is 1.55. The maximum absolute atomic E-state index is 13.3. The van der Waals surface area contributed by atoms with Crippen LogP contribution in [0.25, 0.3) is 0 Å². The van der Waals surface area contributed by atoms with Crippen LogP contribution >= 0.6 is 0 Å². The van der Waals surface area contributed by atoms with Crippen molar-refractivity contribution in [2.24, 2.45) is 17.8 Å². The van der Waals surface area contributed by atoms with Gasteiger partial charge in [-0.2, -0.15) is 0 Å². The van der Waals surface area contributed by atoms with Gasteiger partial charge in [-0.1, -0.05) is 6.42 Å². The fraction of sp³-hybridized carbons (Fsp3) is 0.686. The van der Waals surface area contributed by atoms with Crippen molar-refractivity contribution in [3.63, 3.8) is 0 Å². The van der Waals surface area contributed by atoms with E-state index in [1.165, 1.54) is 64.8 Å². The average Bonchev–Trinajstić information content (AvgIpc) is 3.32. The second-order valence-electron chi connectivity index (χ2n) is 14.1. The lowest BCUT2D eigenvalue weighted by Crippen LogP contribution is -2.54. The zero-order valence-corrected chi connectivity index (χ0v) is 27.1. The Morgan fingerprint density at radius 1 is 0.826 bits per heavy atom. The standard InChI is InChI=1S/C35H50N6O5/c42-24-36-14-8-26(11-19-38-17-9-25(10-18-38)23-39-15-2-1-3-16-39)27-12-20-40(21-13-27)28-4-5-29-30(22-28)35(46)41(34(29)45)31-6-7-32(43)37-33(31)44/h4-5,22,24-27,31H,1-3,6-21,23H2,(H,36,42)(H,37,43,44). The average molecular weight is 635 g/mol. The molecule has 5 aliphatic rings. The smallest absolute Gasteiger partial charge is 0.262 e. The van der Waals surface area contributed by atoms with E-state index in [0.29, 0.717) is 29.5 Å². The van der Waals surface area contributed by atoms with Gasteiger partial charge in [-0.25, -0.2) is 0 Å². The van der Waals surface area contributed by atoms with Crippen molar-refractivity contribution in [1.29, 1.82) is 0 Å². The van der Waals surface area contributed by atoms with Crippen molar-refractivity contribution in [2.45, 2.75) is 76.7 Å². The normalized spacial score (nSPS) is 24.7. The van der Waals surface area contributed by atoms with E-state index >= 15 is 0 Å². The Balaban J connectivity index is 1.01. The molecule has 0 aromatic heterocycles. The molecular weight excluding hydrogens is 584 g/mol. The molecule has 0 bridgehead atoms. The SMILES string of the molecule is O=CNCCC(CCN1CCC(CN2CCCCC2)CC1)C1CCN(c2ccc3c(c2)C(=O)N(C2CCC(=O)NC2=O)C3=O)CC1. The van der Waals surface area contributed by atoms with Crippen LogP contribution in [0.5, 0.6) is 0 Å². The van der Waals surface area contributed by atoms with Gasteiger partial charge >= 0.3 is 0 Å². The van der Waals surface area contributed by atoms with Gasteiger partial charge in [0.05, 0.1) is 11.1 Å². The molecule has 11 heteroatoms. The summed E-state index contributed by atoms with van der Waals surface area (Å²) in [6.07, 6.45) is 12.0. The lowest BCUT2D eigenvalue weighted by Gasteiger charge is -2.39. The first kappa shape index (κ1) is 32.6. The number of piperidine rings is 4. The number of nitrogens with one attached hydrogen (secondary N) is 2. The highest BCUT2D eigenvalue weighted by Crippen LogP contribution is 2.35. The molecule has 2 unspecified atom stereocenters. The fourth-order valence-electron chi connectivity index (χ4n) is 8.48. The number of likely N-dealkylation sites (tertiary alicyclic amines) is 2. The molecule has 5 aliphatic heterocycles. The third-order valence-corrected chi connectivity index (χ3v) is 11.2. The summed E-state index contributed by atoms with van der Waals surface area (Å²) in [7, 11) is 0. The van der Waals surface area contributed by atoms with Gasteiger partial charge < -0.3 is 20.0 Å². The molecular formula is C35H50N6O5. The third kappa shape index (κ3) is 7.46. The Morgan fingerprint density at radius 3 is 2.28 bits per heavy atom. The van der Waals surface area contributed by atoms with Gasteiger partial charge in [0.2, 0.25) is 18.2 Å². The largest absolute Gasteiger partial charge is 0.371 e. The minimum absolute atomic E-state index is 0.105. The quantitative estimate of drug-likeness (QED) is 0.205. The van der Waals surface area contributed by atoms with E-state index in [1.54, 1.807) is 12.1 Å². The number of carbonyl (C=O) groups is 5. The zero-order valence-electron chi connectivity index (χ0n) is 27.1. The van der Waals surface area contributed by atoms with Crippen molar-refractivity contribution in [1.82, 2.24) is 25.3 Å². The van der Waals surface area contributed by atoms with E-state index in [-0.39, 0.29) is 18.7 Å². The van der Waals surface area contributed by atoms with Crippen LogP contribution in [-0.2, 0) is 14.4 Å². The van der Waals surface area contributed by atoms with Gasteiger partial charge in [0.25, 0.3) is 11.8 Å². The third-order valence-electron chi connectivity index (χ3n) is 11.2. The van der Waals surface area contributed by atoms with Crippen LogP contribution in [0.3, 0.4) is 0 Å². The monoisotopic (exact) mass is 634 g/mol. The van der Waals surface area contributed by atoms with Gasteiger partial charge in [-0.3, -0.25) is 34.2 Å². The van der Waals surface area contributed by atoms with Crippen LogP contribution < -0.4 is 15.5 Å². The summed E-state index contributed by atoms with van der Waals surface area (Å²) < 4.78 is 0. The lowest BCUT2D eigenvalue weighted by atomic mass is 9.80. The van der Waals surface area contributed by atoms with Crippen LogP contribution in [0, 0.1) is 17.8 Å². The summed E-state index contributed by atoms with van der Waals surface area (Å²) in [6, 6.07) is 4.44. The molecule has 0 aliphatic carbocycles. The van der Waals surface area contributed by atoms with E-state index in [1.807, 2.05) is 6.07 Å². The van der Waals surface area contributed by atoms with Crippen LogP contribution in [0.2, 0.25) is 0 Å². The molecule has 1 aromatic carbocycles. The number of fused-ring (bicyclic) bond motifs is 1. The van der Waals surface area contributed by atoms with Crippen LogP contribution in [0.1, 0.15) is 91.3 Å². The van der Waals surface area contributed by atoms with Crippen LogP contribution in [0.4, 0.5) is 5.69 Å². The topological polar surface area (TPSA) is 122 Å². The number of benzene rings is 1. The van der Waals surface area contributed by atoms with Crippen molar-refractivity contribution in [2.75, 3.05) is 63.8 Å². The Hall–Kier alpha value is -3.31. The van der Waals surface area contributed by atoms with Gasteiger partial charge in [0, 0.05) is 38.3 Å². The van der Waals surface area contributed by atoms with E-state index in [0.717, 1.165) is 68.2 Å². The summed E-state index contributed by atoms with van der Waals surface area (Å²) in [6.45, 7) is 9.77. The molecule has 250 valence electrons. The molecule has 0 spiro atoms. The van der Waals surface area contributed by atoms with E-state index in [4.69, 9.17) is 0 Å². The van der Waals surface area contributed by atoms with Gasteiger partial charge in [0.15, 0.2) is 0 Å². The number of nitrogens with zero attached hydrogens (tertiary/aromatic N) is 4. The number of carbonyl (C=O) groups excluding carboxylic acids is 5. The predicted octanol–water partition coefficient (Wildman–Crippen LogP) is 2.64. The fourth-order valence-corrected chi connectivity index (χ4v) is 8.48. The van der Waals surface area contributed by atoms with E-state index in [2.05, 4.69) is 25.3 Å². The number of anilines is 1. The maximum atomic E-state index is 13.3. The molecule has 4 fully saturated rings. The molecule has 0 saturated carbocycles. The Bertz CT molecular complexity index is 1280. The summed E-state index contributed by atoms with van der Waals surface area (Å²) in [5, 5.41) is 5.14. The summed E-state index contributed by atoms with van der Waals surface area (Å²) in [4.78, 5) is 70.1. The lowest BCUT2D eigenvalue weighted by molar-refractivity contribution is -0.136. The molecule has 5 amide bonds. The Labute approximate surface area is 272 Å². The van der Waals surface area contributed by atoms with E-state index in [9.17, 15) is 24.0 Å². The molecule has 2 N–H and O–H groups in total. The number of rotatable bonds is 12. The summed E-state index contributed by atoms with van der Waals surface area (Å²) >= 11 is 0. The first-order valence-electron chi connectivity index (χ1n) is 17.6. The molecule has 6 rings (SSSR count). The molecule has 2 atom stereocenters. The van der Waals surface area contributed by atoms with Crippen LogP contribution in [0.15, 0.2) is 18.2 Å². The minimum atomic E-state index is -0.958. The van der Waals surface area contributed by atoms with Crippen molar-refractivity contribution in [3.05, 3.63) is 29.3 Å². The van der Waals surface area contributed by atoms with Crippen LogP contribution in [-0.4, -0.2) is 110 Å². The minimum Gasteiger partial charge on any atom is -0.371 e. The Morgan fingerprint density at radius 2 is 1.57 bits per heavy atom. The highest BCUT2D eigenvalue weighted by Gasteiger charge is 2.45. The first-order valence-corrected chi connectivity index (χ1v) is 17.6. The highest BCUT2D eigenvalue weighted by atomic mass is 16.2.